The minimum atomic E-state index is -1.15. The highest BCUT2D eigenvalue weighted by atomic mass is 35.5. The van der Waals surface area contributed by atoms with Crippen LogP contribution in [-0.4, -0.2) is 41.2 Å². The second-order valence-corrected chi connectivity index (χ2v) is 5.25. The predicted molar refractivity (Wildman–Crippen MR) is 83.6 cm³/mol. The smallest absolute Gasteiger partial charge is 0.225 e. The molecule has 0 fully saturated rings. The third-order valence-electron chi connectivity index (χ3n) is 2.95. The number of hydrogen-bond donors (Lipinski definition) is 2. The zero-order valence-electron chi connectivity index (χ0n) is 12.2. The molecule has 118 valence electrons. The van der Waals surface area contributed by atoms with E-state index in [1.54, 1.807) is 0 Å². The molecule has 0 aliphatic heterocycles. The summed E-state index contributed by atoms with van der Waals surface area (Å²) in [5.74, 6) is 0.538. The minimum Gasteiger partial charge on any atom is -0.595 e. The van der Waals surface area contributed by atoms with Crippen molar-refractivity contribution in [1.29, 1.82) is 0 Å². The molecule has 1 unspecified atom stereocenters. The summed E-state index contributed by atoms with van der Waals surface area (Å²) in [4.78, 5) is 3.85. The van der Waals surface area contributed by atoms with Crippen LogP contribution in [0.15, 0.2) is 21.0 Å². The van der Waals surface area contributed by atoms with Crippen molar-refractivity contribution in [3.8, 4) is 0 Å². The summed E-state index contributed by atoms with van der Waals surface area (Å²) in [6.45, 7) is 10.4. The van der Waals surface area contributed by atoms with Crippen LogP contribution >= 0.6 is 34.8 Å². The van der Waals surface area contributed by atoms with Gasteiger partial charge in [-0.3, -0.25) is 0 Å². The fraction of sp³-hybridized carbons (Fsp3) is 0.667. The minimum absolute atomic E-state index is 0.0703. The first-order chi connectivity index (χ1) is 9.35. The maximum Gasteiger partial charge on any atom is 0.225 e. The van der Waals surface area contributed by atoms with E-state index in [1.165, 1.54) is 0 Å². The molecule has 0 heterocycles. The molecule has 0 aromatic carbocycles. The molecule has 5 nitrogen and oxygen atoms in total. The van der Waals surface area contributed by atoms with E-state index < -0.39 is 5.23 Å². The summed E-state index contributed by atoms with van der Waals surface area (Å²) in [5.41, 5.74) is -0.0703. The first kappa shape index (κ1) is 19.8. The van der Waals surface area contributed by atoms with Gasteiger partial charge < -0.3 is 15.0 Å². The van der Waals surface area contributed by atoms with E-state index >= 15 is 0 Å². The van der Waals surface area contributed by atoms with Crippen molar-refractivity contribution in [1.82, 2.24) is 9.80 Å². The fourth-order valence-electron chi connectivity index (χ4n) is 1.94. The molecule has 0 aromatic rings. The predicted octanol–water partition coefficient (Wildman–Crippen LogP) is 2.50. The Bertz CT molecular complexity index is 347. The van der Waals surface area contributed by atoms with Crippen LogP contribution in [0.4, 0.5) is 0 Å². The number of halogens is 3. The van der Waals surface area contributed by atoms with Gasteiger partial charge in [0.05, 0.1) is 0 Å². The Labute approximate surface area is 135 Å². The first-order valence-electron chi connectivity index (χ1n) is 6.54. The van der Waals surface area contributed by atoms with E-state index in [9.17, 15) is 10.4 Å². The van der Waals surface area contributed by atoms with E-state index in [0.29, 0.717) is 32.0 Å². The van der Waals surface area contributed by atoms with Gasteiger partial charge >= 0.3 is 0 Å². The van der Waals surface area contributed by atoms with Crippen molar-refractivity contribution < 1.29 is 10.4 Å². The van der Waals surface area contributed by atoms with Crippen molar-refractivity contribution in [2.75, 3.05) is 26.2 Å². The first-order valence-corrected chi connectivity index (χ1v) is 7.67. The zero-order chi connectivity index (χ0) is 15.9. The second kappa shape index (κ2) is 9.71. The number of rotatable bonds is 8. The maximum atomic E-state index is 11.6. The van der Waals surface area contributed by atoms with E-state index in [0.717, 1.165) is 0 Å². The maximum absolute atomic E-state index is 11.6. The quantitative estimate of drug-likeness (QED) is 0.524. The van der Waals surface area contributed by atoms with Gasteiger partial charge in [-0.1, -0.05) is 34.8 Å². The molecule has 0 aliphatic carbocycles. The van der Waals surface area contributed by atoms with Gasteiger partial charge in [-0.15, -0.1) is 0 Å². The van der Waals surface area contributed by atoms with Gasteiger partial charge in [-0.05, 0) is 27.7 Å². The molecule has 0 rings (SSSR count). The van der Waals surface area contributed by atoms with Crippen LogP contribution < -0.4 is 5.23 Å². The summed E-state index contributed by atoms with van der Waals surface area (Å²) >= 11 is 17.4. The van der Waals surface area contributed by atoms with Gasteiger partial charge in [0.2, 0.25) is 5.70 Å². The highest BCUT2D eigenvalue weighted by molar-refractivity contribution is 6.59. The number of hydroxylamine groups is 2. The molecular formula is C12H22Cl3N3O2. The Hall–Kier alpha value is -0.170. The number of quaternary nitrogens is 1. The molecule has 1 atom stereocenters. The van der Waals surface area contributed by atoms with Gasteiger partial charge in [-0.25, -0.2) is 5.21 Å². The zero-order valence-corrected chi connectivity index (χ0v) is 14.5. The van der Waals surface area contributed by atoms with Gasteiger partial charge in [0.1, 0.15) is 9.52 Å². The van der Waals surface area contributed by atoms with Crippen molar-refractivity contribution in [3.05, 3.63) is 26.2 Å². The van der Waals surface area contributed by atoms with Crippen molar-refractivity contribution in [3.63, 3.8) is 0 Å². The Morgan fingerprint density at radius 2 is 1.30 bits per heavy atom. The molecule has 0 radical (unpaired) electrons. The highest BCUT2D eigenvalue weighted by Gasteiger charge is 2.27. The average Bonchev–Trinajstić information content (AvgIpc) is 2.40. The van der Waals surface area contributed by atoms with Gasteiger partial charge in [0.25, 0.3) is 0 Å². The lowest BCUT2D eigenvalue weighted by Gasteiger charge is -2.35. The molecule has 20 heavy (non-hydrogen) atoms. The van der Waals surface area contributed by atoms with Crippen LogP contribution in [0.3, 0.4) is 0 Å². The molecule has 8 heteroatoms. The van der Waals surface area contributed by atoms with Gasteiger partial charge in [0, 0.05) is 26.2 Å². The molecule has 0 spiro atoms. The summed E-state index contributed by atoms with van der Waals surface area (Å²) in [6, 6.07) is 0. The number of nitrogens with zero attached hydrogens (tertiary/aromatic N) is 2. The van der Waals surface area contributed by atoms with E-state index in [-0.39, 0.29) is 15.2 Å². The lowest BCUT2D eigenvalue weighted by atomic mass is 10.3. The number of hydrogen-bond acceptors (Lipinski definition) is 4. The molecule has 0 amide bonds. The fourth-order valence-corrected chi connectivity index (χ4v) is 2.30. The standard InChI is InChI=1S/C12H22Cl3N3O2/c1-5-16(6-2)12(17(7-3)8-4)10(18(19)20)9(13)11(14)15/h18-19H,5-8H2,1-4H3. The second-order valence-electron chi connectivity index (χ2n) is 3.92. The van der Waals surface area contributed by atoms with Crippen LogP contribution in [0.1, 0.15) is 27.7 Å². The highest BCUT2D eigenvalue weighted by Crippen LogP contribution is 2.26. The summed E-state index contributed by atoms with van der Waals surface area (Å²) in [6.07, 6.45) is 0. The molecule has 0 saturated heterocycles. The third kappa shape index (κ3) is 4.98. The van der Waals surface area contributed by atoms with Crippen LogP contribution in [-0.2, 0) is 0 Å². The lowest BCUT2D eigenvalue weighted by molar-refractivity contribution is -1.01. The molecule has 0 aliphatic rings. The molecule has 0 bridgehead atoms. The molecule has 0 saturated carbocycles. The monoisotopic (exact) mass is 345 g/mol. The van der Waals surface area contributed by atoms with Gasteiger partial charge in [0.15, 0.2) is 5.82 Å². The lowest BCUT2D eigenvalue weighted by Crippen LogP contribution is -3.03. The Morgan fingerprint density at radius 1 is 0.950 bits per heavy atom. The number of allylic oxidation sites excluding steroid dienone is 1. The van der Waals surface area contributed by atoms with E-state index in [2.05, 4.69) is 0 Å². The molecule has 0 aromatic heterocycles. The molecular weight excluding hydrogens is 325 g/mol. The van der Waals surface area contributed by atoms with Crippen LogP contribution in [0.5, 0.6) is 0 Å². The van der Waals surface area contributed by atoms with Crippen LogP contribution in [0, 0.1) is 5.21 Å². The van der Waals surface area contributed by atoms with Crippen LogP contribution in [0.25, 0.3) is 0 Å². The average molecular weight is 347 g/mol. The Kier molecular flexibility index (Phi) is 9.63. The van der Waals surface area contributed by atoms with Gasteiger partial charge in [-0.2, -0.15) is 5.23 Å². The summed E-state index contributed by atoms with van der Waals surface area (Å²) in [5, 5.41) is 19.8. The van der Waals surface area contributed by atoms with E-state index in [4.69, 9.17) is 34.8 Å². The van der Waals surface area contributed by atoms with Crippen molar-refractivity contribution in [2.45, 2.75) is 27.7 Å². The molecule has 2 N–H and O–H groups in total. The van der Waals surface area contributed by atoms with Crippen LogP contribution in [0.2, 0.25) is 0 Å². The normalized spacial score (nSPS) is 11.8. The largest absolute Gasteiger partial charge is 0.595 e. The Balaban J connectivity index is 6.21. The van der Waals surface area contributed by atoms with Crippen molar-refractivity contribution >= 4 is 34.8 Å². The Morgan fingerprint density at radius 3 is 1.50 bits per heavy atom. The van der Waals surface area contributed by atoms with E-state index in [1.807, 2.05) is 37.5 Å². The summed E-state index contributed by atoms with van der Waals surface area (Å²) < 4.78 is -0.249. The number of nitrogens with one attached hydrogen (secondary N) is 1. The third-order valence-corrected chi connectivity index (χ3v) is 3.90. The van der Waals surface area contributed by atoms with Crippen molar-refractivity contribution in [2.24, 2.45) is 0 Å². The SMILES string of the molecule is CCN(CC)C(=C(C(Cl)=C(Cl)Cl)[NH+]([O-])O)N(CC)CC. The summed E-state index contributed by atoms with van der Waals surface area (Å²) in [7, 11) is 0. The topological polar surface area (TPSA) is 54.2 Å².